The third kappa shape index (κ3) is 2.80. The minimum absolute atomic E-state index is 0.0184. The van der Waals surface area contributed by atoms with Crippen molar-refractivity contribution in [2.45, 2.75) is 6.92 Å². The molecule has 6 nitrogen and oxygen atoms in total. The van der Waals surface area contributed by atoms with Gasteiger partial charge in [-0.2, -0.15) is 0 Å². The third-order valence-corrected chi connectivity index (χ3v) is 3.14. The van der Waals surface area contributed by atoms with Gasteiger partial charge in [-0.1, -0.05) is 0 Å². The Balaban J connectivity index is 1.81. The van der Waals surface area contributed by atoms with Gasteiger partial charge >= 0.3 is 0 Å². The topological polar surface area (TPSA) is 84.8 Å². The number of carbonyl (C=O) groups is 2. The molecular formula is C16H12N4O2. The second-order valence-electron chi connectivity index (χ2n) is 4.71. The molecule has 0 atom stereocenters. The van der Waals surface area contributed by atoms with E-state index in [0.29, 0.717) is 28.0 Å². The maximum absolute atomic E-state index is 12.2. The minimum Gasteiger partial charge on any atom is -0.322 e. The van der Waals surface area contributed by atoms with Crippen LogP contribution >= 0.6 is 0 Å². The lowest BCUT2D eigenvalue weighted by Gasteiger charge is -2.06. The summed E-state index contributed by atoms with van der Waals surface area (Å²) in [6.07, 6.45) is 4.55. The predicted octanol–water partition coefficient (Wildman–Crippen LogP) is 2.48. The summed E-state index contributed by atoms with van der Waals surface area (Å²) in [4.78, 5) is 35.7. The fourth-order valence-corrected chi connectivity index (χ4v) is 1.97. The number of ketones is 1. The molecule has 3 aromatic rings. The summed E-state index contributed by atoms with van der Waals surface area (Å²) in [6, 6.07) is 8.34. The third-order valence-electron chi connectivity index (χ3n) is 3.14. The molecule has 2 aromatic heterocycles. The van der Waals surface area contributed by atoms with Gasteiger partial charge < -0.3 is 5.32 Å². The van der Waals surface area contributed by atoms with E-state index >= 15 is 0 Å². The zero-order valence-electron chi connectivity index (χ0n) is 11.8. The number of fused-ring (bicyclic) bond motifs is 1. The van der Waals surface area contributed by atoms with E-state index < -0.39 is 0 Å². The molecular weight excluding hydrogens is 280 g/mol. The van der Waals surface area contributed by atoms with Gasteiger partial charge in [-0.3, -0.25) is 14.6 Å². The molecule has 0 unspecified atom stereocenters. The molecule has 22 heavy (non-hydrogen) atoms. The Hall–Kier alpha value is -3.15. The van der Waals surface area contributed by atoms with Crippen molar-refractivity contribution in [1.82, 2.24) is 15.0 Å². The highest BCUT2D eigenvalue weighted by atomic mass is 16.1. The van der Waals surface area contributed by atoms with Gasteiger partial charge in [0.25, 0.3) is 5.91 Å². The zero-order valence-corrected chi connectivity index (χ0v) is 11.8. The molecule has 0 aliphatic heterocycles. The summed E-state index contributed by atoms with van der Waals surface area (Å²) in [6.45, 7) is 1.50. The van der Waals surface area contributed by atoms with Crippen LogP contribution in [0.1, 0.15) is 27.6 Å². The number of pyridine rings is 1. The van der Waals surface area contributed by atoms with Gasteiger partial charge in [0.05, 0.1) is 5.56 Å². The van der Waals surface area contributed by atoms with E-state index in [2.05, 4.69) is 20.3 Å². The molecule has 2 heterocycles. The highest BCUT2D eigenvalue weighted by molar-refractivity contribution is 6.05. The van der Waals surface area contributed by atoms with Crippen LogP contribution in [0.2, 0.25) is 0 Å². The quantitative estimate of drug-likeness (QED) is 0.750. The molecule has 0 saturated heterocycles. The van der Waals surface area contributed by atoms with Crippen molar-refractivity contribution >= 4 is 28.5 Å². The van der Waals surface area contributed by atoms with Gasteiger partial charge in [0.2, 0.25) is 0 Å². The Morgan fingerprint density at radius 3 is 2.41 bits per heavy atom. The van der Waals surface area contributed by atoms with Crippen LogP contribution in [0.5, 0.6) is 0 Å². The van der Waals surface area contributed by atoms with Crippen LogP contribution in [0.15, 0.2) is 48.9 Å². The summed E-state index contributed by atoms with van der Waals surface area (Å²) >= 11 is 0. The minimum atomic E-state index is -0.296. The van der Waals surface area contributed by atoms with E-state index in [1.54, 1.807) is 42.7 Å². The lowest BCUT2D eigenvalue weighted by Crippen LogP contribution is -2.12. The van der Waals surface area contributed by atoms with Crippen molar-refractivity contribution in [2.24, 2.45) is 0 Å². The summed E-state index contributed by atoms with van der Waals surface area (Å²) in [5.41, 5.74) is 2.64. The van der Waals surface area contributed by atoms with Gasteiger partial charge in [-0.15, -0.1) is 0 Å². The van der Waals surface area contributed by atoms with Gasteiger partial charge in [0.15, 0.2) is 11.4 Å². The number of hydrogen-bond acceptors (Lipinski definition) is 5. The fraction of sp³-hybridized carbons (Fsp3) is 0.0625. The number of Topliss-reactive ketones (excluding diaryl/α,β-unsaturated/α-hetero) is 1. The average Bonchev–Trinajstić information content (AvgIpc) is 2.55. The Bertz CT molecular complexity index is 859. The van der Waals surface area contributed by atoms with Crippen LogP contribution in [0.25, 0.3) is 11.2 Å². The van der Waals surface area contributed by atoms with E-state index in [9.17, 15) is 9.59 Å². The number of nitrogens with one attached hydrogen (secondary N) is 1. The Labute approximate surface area is 126 Å². The number of nitrogens with zero attached hydrogens (tertiary/aromatic N) is 3. The Morgan fingerprint density at radius 1 is 0.955 bits per heavy atom. The van der Waals surface area contributed by atoms with Crippen LogP contribution in [0.3, 0.4) is 0 Å². The fourth-order valence-electron chi connectivity index (χ4n) is 1.97. The normalized spacial score (nSPS) is 10.4. The molecule has 0 saturated carbocycles. The first kappa shape index (κ1) is 13.8. The molecule has 3 rings (SSSR count). The summed E-state index contributed by atoms with van der Waals surface area (Å²) in [5, 5.41) is 2.75. The molecule has 0 spiro atoms. The highest BCUT2D eigenvalue weighted by Crippen LogP contribution is 2.13. The second-order valence-corrected chi connectivity index (χ2v) is 4.71. The molecule has 0 aliphatic carbocycles. The first-order chi connectivity index (χ1) is 10.6. The molecule has 6 heteroatoms. The van der Waals surface area contributed by atoms with Crippen molar-refractivity contribution < 1.29 is 9.59 Å². The largest absolute Gasteiger partial charge is 0.322 e. The van der Waals surface area contributed by atoms with E-state index in [-0.39, 0.29) is 11.7 Å². The first-order valence-electron chi connectivity index (χ1n) is 6.62. The molecule has 1 aromatic carbocycles. The van der Waals surface area contributed by atoms with Gasteiger partial charge in [0, 0.05) is 29.8 Å². The zero-order chi connectivity index (χ0) is 15.5. The monoisotopic (exact) mass is 292 g/mol. The standard InChI is InChI=1S/C16H12N4O2/c1-10(21)11-2-4-13(5-3-11)20-16(22)12-8-14-15(19-9-12)18-7-6-17-14/h2-9H,1H3,(H,20,22). The molecule has 0 fully saturated rings. The summed E-state index contributed by atoms with van der Waals surface area (Å²) in [5.74, 6) is -0.314. The van der Waals surface area contributed by atoms with Crippen molar-refractivity contribution in [1.29, 1.82) is 0 Å². The molecule has 0 bridgehead atoms. The highest BCUT2D eigenvalue weighted by Gasteiger charge is 2.09. The van der Waals surface area contributed by atoms with E-state index in [1.807, 2.05) is 0 Å². The molecule has 0 radical (unpaired) electrons. The molecule has 1 N–H and O–H groups in total. The lowest BCUT2D eigenvalue weighted by atomic mass is 10.1. The molecule has 108 valence electrons. The Kier molecular flexibility index (Phi) is 3.57. The van der Waals surface area contributed by atoms with Crippen LogP contribution < -0.4 is 5.32 Å². The maximum Gasteiger partial charge on any atom is 0.257 e. The SMILES string of the molecule is CC(=O)c1ccc(NC(=O)c2cnc3nccnc3c2)cc1. The number of anilines is 1. The summed E-state index contributed by atoms with van der Waals surface area (Å²) < 4.78 is 0. The van der Waals surface area contributed by atoms with Crippen molar-refractivity contribution in [2.75, 3.05) is 5.32 Å². The predicted molar refractivity (Wildman–Crippen MR) is 81.7 cm³/mol. The van der Waals surface area contributed by atoms with Gasteiger partial charge in [0.1, 0.15) is 5.52 Å². The number of aromatic nitrogens is 3. The number of amides is 1. The van der Waals surface area contributed by atoms with E-state index in [0.717, 1.165) is 0 Å². The number of hydrogen-bond donors (Lipinski definition) is 1. The van der Waals surface area contributed by atoms with Crippen LogP contribution in [-0.2, 0) is 0 Å². The van der Waals surface area contributed by atoms with Crippen LogP contribution in [0.4, 0.5) is 5.69 Å². The van der Waals surface area contributed by atoms with Crippen LogP contribution in [-0.4, -0.2) is 26.6 Å². The van der Waals surface area contributed by atoms with Gasteiger partial charge in [-0.05, 0) is 37.3 Å². The summed E-state index contributed by atoms with van der Waals surface area (Å²) in [7, 11) is 0. The molecule has 1 amide bonds. The van der Waals surface area contributed by atoms with E-state index in [1.165, 1.54) is 13.1 Å². The molecule has 0 aliphatic rings. The first-order valence-corrected chi connectivity index (χ1v) is 6.62. The number of rotatable bonds is 3. The maximum atomic E-state index is 12.2. The van der Waals surface area contributed by atoms with E-state index in [4.69, 9.17) is 0 Å². The number of carbonyl (C=O) groups excluding carboxylic acids is 2. The van der Waals surface area contributed by atoms with Crippen molar-refractivity contribution in [3.8, 4) is 0 Å². The van der Waals surface area contributed by atoms with Gasteiger partial charge in [-0.25, -0.2) is 9.97 Å². The average molecular weight is 292 g/mol. The number of benzene rings is 1. The lowest BCUT2D eigenvalue weighted by molar-refractivity contribution is 0.101. The van der Waals surface area contributed by atoms with Crippen molar-refractivity contribution in [3.63, 3.8) is 0 Å². The van der Waals surface area contributed by atoms with Crippen molar-refractivity contribution in [3.05, 3.63) is 60.0 Å². The smallest absolute Gasteiger partial charge is 0.257 e. The second kappa shape index (κ2) is 5.69. The Morgan fingerprint density at radius 2 is 1.68 bits per heavy atom. The van der Waals surface area contributed by atoms with Crippen LogP contribution in [0, 0.1) is 0 Å².